The van der Waals surface area contributed by atoms with Crippen LogP contribution in [0.4, 0.5) is 5.69 Å². The van der Waals surface area contributed by atoms with Crippen LogP contribution >= 0.6 is 0 Å². The van der Waals surface area contributed by atoms with Gasteiger partial charge in [0.2, 0.25) is 0 Å². The summed E-state index contributed by atoms with van der Waals surface area (Å²) in [5, 5.41) is 3.45. The highest BCUT2D eigenvalue weighted by Gasteiger charge is 2.13. The van der Waals surface area contributed by atoms with Crippen molar-refractivity contribution < 1.29 is 4.42 Å². The van der Waals surface area contributed by atoms with Crippen molar-refractivity contribution >= 4 is 16.8 Å². The number of anilines is 1. The molecule has 1 aromatic carbocycles. The Morgan fingerprint density at radius 1 is 1.28 bits per heavy atom. The molecule has 3 rings (SSSR count). The first kappa shape index (κ1) is 11.4. The topological polar surface area (TPSA) is 58.0 Å². The van der Waals surface area contributed by atoms with Gasteiger partial charge in [-0.1, -0.05) is 19.3 Å². The van der Waals surface area contributed by atoms with Gasteiger partial charge in [-0.15, -0.1) is 0 Å². The molecule has 1 aliphatic carbocycles. The van der Waals surface area contributed by atoms with Crippen molar-refractivity contribution in [3.05, 3.63) is 28.7 Å². The third kappa shape index (κ3) is 2.42. The largest absolute Gasteiger partial charge is 0.417 e. The molecule has 1 aromatic heterocycles. The van der Waals surface area contributed by atoms with E-state index in [1.54, 1.807) is 0 Å². The number of nitrogens with one attached hydrogen (secondary N) is 2. The zero-order valence-corrected chi connectivity index (χ0v) is 10.4. The van der Waals surface area contributed by atoms with Crippen molar-refractivity contribution in [3.63, 3.8) is 0 Å². The molecule has 1 aliphatic rings. The lowest BCUT2D eigenvalue weighted by atomic mass is 9.89. The Bertz CT molecular complexity index is 579. The fourth-order valence-corrected chi connectivity index (χ4v) is 2.72. The first-order valence-electron chi connectivity index (χ1n) is 6.68. The van der Waals surface area contributed by atoms with Crippen molar-refractivity contribution in [2.75, 3.05) is 11.9 Å². The molecule has 2 aromatic rings. The van der Waals surface area contributed by atoms with Gasteiger partial charge in [0.1, 0.15) is 0 Å². The smallest absolute Gasteiger partial charge is 0.408 e. The van der Waals surface area contributed by atoms with Gasteiger partial charge in [0.25, 0.3) is 0 Å². The summed E-state index contributed by atoms with van der Waals surface area (Å²) in [6, 6.07) is 5.72. The molecule has 0 spiro atoms. The average Bonchev–Trinajstić information content (AvgIpc) is 2.77. The van der Waals surface area contributed by atoms with Crippen LogP contribution in [-0.2, 0) is 0 Å². The van der Waals surface area contributed by atoms with Gasteiger partial charge in [0, 0.05) is 12.2 Å². The van der Waals surface area contributed by atoms with E-state index >= 15 is 0 Å². The lowest BCUT2D eigenvalue weighted by molar-refractivity contribution is 0.373. The SMILES string of the molecule is O=c1[nH]c2cc(NCC3CCCCC3)ccc2o1. The molecule has 0 unspecified atom stereocenters. The Kier molecular flexibility index (Phi) is 3.09. The number of hydrogen-bond donors (Lipinski definition) is 2. The van der Waals surface area contributed by atoms with Crippen molar-refractivity contribution in [1.29, 1.82) is 0 Å². The molecule has 96 valence electrons. The first-order chi connectivity index (χ1) is 8.81. The van der Waals surface area contributed by atoms with Crippen LogP contribution in [0.25, 0.3) is 11.1 Å². The highest BCUT2D eigenvalue weighted by atomic mass is 16.4. The maximum absolute atomic E-state index is 11.1. The second-order valence-electron chi connectivity index (χ2n) is 5.11. The summed E-state index contributed by atoms with van der Waals surface area (Å²) in [7, 11) is 0. The molecule has 0 radical (unpaired) electrons. The summed E-state index contributed by atoms with van der Waals surface area (Å²) in [4.78, 5) is 13.7. The molecule has 0 aliphatic heterocycles. The highest BCUT2D eigenvalue weighted by molar-refractivity contribution is 5.76. The Labute approximate surface area is 105 Å². The van der Waals surface area contributed by atoms with Crippen LogP contribution in [0.5, 0.6) is 0 Å². The van der Waals surface area contributed by atoms with E-state index < -0.39 is 5.76 Å². The molecule has 0 saturated heterocycles. The van der Waals surface area contributed by atoms with Gasteiger partial charge in [-0.3, -0.25) is 4.98 Å². The van der Waals surface area contributed by atoms with E-state index in [9.17, 15) is 4.79 Å². The van der Waals surface area contributed by atoms with Crippen LogP contribution in [-0.4, -0.2) is 11.5 Å². The van der Waals surface area contributed by atoms with Gasteiger partial charge < -0.3 is 9.73 Å². The van der Waals surface area contributed by atoms with E-state index in [1.807, 2.05) is 18.2 Å². The summed E-state index contributed by atoms with van der Waals surface area (Å²) >= 11 is 0. The van der Waals surface area contributed by atoms with E-state index in [1.165, 1.54) is 32.1 Å². The van der Waals surface area contributed by atoms with E-state index in [0.29, 0.717) is 5.58 Å². The standard InChI is InChI=1S/C14H18N2O2/c17-14-16-12-8-11(6-7-13(12)18-14)15-9-10-4-2-1-3-5-10/h6-8,10,15H,1-5,9H2,(H,16,17). The second kappa shape index (κ2) is 4.88. The zero-order chi connectivity index (χ0) is 12.4. The average molecular weight is 246 g/mol. The van der Waals surface area contributed by atoms with E-state index in [2.05, 4.69) is 10.3 Å². The predicted octanol–water partition coefficient (Wildman–Crippen LogP) is 3.11. The van der Waals surface area contributed by atoms with Gasteiger partial charge in [0.05, 0.1) is 5.52 Å². The summed E-state index contributed by atoms with van der Waals surface area (Å²) in [6.45, 7) is 1.02. The van der Waals surface area contributed by atoms with Crippen molar-refractivity contribution in [2.45, 2.75) is 32.1 Å². The van der Waals surface area contributed by atoms with Crippen LogP contribution in [0, 0.1) is 5.92 Å². The molecular formula is C14H18N2O2. The van der Waals surface area contributed by atoms with Crippen LogP contribution in [0.15, 0.2) is 27.4 Å². The van der Waals surface area contributed by atoms with E-state index in [-0.39, 0.29) is 0 Å². The van der Waals surface area contributed by atoms with E-state index in [4.69, 9.17) is 4.42 Å². The predicted molar refractivity (Wildman–Crippen MR) is 71.9 cm³/mol. The quantitative estimate of drug-likeness (QED) is 0.874. The second-order valence-corrected chi connectivity index (χ2v) is 5.11. The summed E-state index contributed by atoms with van der Waals surface area (Å²) < 4.78 is 4.98. The number of benzene rings is 1. The van der Waals surface area contributed by atoms with Gasteiger partial charge in [-0.05, 0) is 37.0 Å². The Morgan fingerprint density at radius 3 is 2.94 bits per heavy atom. The fourth-order valence-electron chi connectivity index (χ4n) is 2.72. The van der Waals surface area contributed by atoms with Crippen LogP contribution in [0.2, 0.25) is 0 Å². The maximum atomic E-state index is 11.1. The Morgan fingerprint density at radius 2 is 2.11 bits per heavy atom. The highest BCUT2D eigenvalue weighted by Crippen LogP contribution is 2.24. The van der Waals surface area contributed by atoms with Gasteiger partial charge in [-0.2, -0.15) is 0 Å². The van der Waals surface area contributed by atoms with Crippen LogP contribution in [0.3, 0.4) is 0 Å². The molecule has 1 saturated carbocycles. The summed E-state index contributed by atoms with van der Waals surface area (Å²) in [5.41, 5.74) is 2.42. The lowest BCUT2D eigenvalue weighted by Gasteiger charge is -2.22. The zero-order valence-electron chi connectivity index (χ0n) is 10.4. The molecule has 18 heavy (non-hydrogen) atoms. The van der Waals surface area contributed by atoms with Crippen molar-refractivity contribution in [3.8, 4) is 0 Å². The number of H-pyrrole nitrogens is 1. The summed E-state index contributed by atoms with van der Waals surface area (Å²) in [5.74, 6) is 0.396. The Hall–Kier alpha value is -1.71. The maximum Gasteiger partial charge on any atom is 0.417 e. The number of fused-ring (bicyclic) bond motifs is 1. The minimum Gasteiger partial charge on any atom is -0.408 e. The monoisotopic (exact) mass is 246 g/mol. The van der Waals surface area contributed by atoms with Crippen LogP contribution in [0.1, 0.15) is 32.1 Å². The number of aromatic amines is 1. The molecule has 1 fully saturated rings. The molecule has 1 heterocycles. The molecule has 0 amide bonds. The molecule has 0 atom stereocenters. The first-order valence-corrected chi connectivity index (χ1v) is 6.68. The summed E-state index contributed by atoms with van der Waals surface area (Å²) in [6.07, 6.45) is 6.77. The normalized spacial score (nSPS) is 17.1. The number of rotatable bonds is 3. The molecule has 0 bridgehead atoms. The molecule has 4 heteroatoms. The minimum atomic E-state index is -0.394. The molecule has 4 nitrogen and oxygen atoms in total. The van der Waals surface area contributed by atoms with E-state index in [0.717, 1.165) is 23.7 Å². The fraction of sp³-hybridized carbons (Fsp3) is 0.500. The third-order valence-electron chi connectivity index (χ3n) is 3.74. The molecular weight excluding hydrogens is 228 g/mol. The van der Waals surface area contributed by atoms with Crippen LogP contribution < -0.4 is 11.1 Å². The van der Waals surface area contributed by atoms with Gasteiger partial charge >= 0.3 is 5.76 Å². The molecule has 2 N–H and O–H groups in total. The van der Waals surface area contributed by atoms with Crippen molar-refractivity contribution in [1.82, 2.24) is 4.98 Å². The minimum absolute atomic E-state index is 0.394. The van der Waals surface area contributed by atoms with Crippen molar-refractivity contribution in [2.24, 2.45) is 5.92 Å². The van der Waals surface area contributed by atoms with Gasteiger partial charge in [-0.25, -0.2) is 4.79 Å². The number of hydrogen-bond acceptors (Lipinski definition) is 3. The lowest BCUT2D eigenvalue weighted by Crippen LogP contribution is -2.16. The number of oxazole rings is 1. The number of aromatic nitrogens is 1. The third-order valence-corrected chi connectivity index (χ3v) is 3.74. The Balaban J connectivity index is 1.68. The van der Waals surface area contributed by atoms with Gasteiger partial charge in [0.15, 0.2) is 5.58 Å².